The predicted octanol–water partition coefficient (Wildman–Crippen LogP) is 2.97. The second-order valence-corrected chi connectivity index (χ2v) is 5.71. The fourth-order valence-corrected chi connectivity index (χ4v) is 2.29. The largest absolute Gasteiger partial charge is 0.383 e. The van der Waals surface area contributed by atoms with E-state index in [1.807, 2.05) is 35.1 Å². The van der Waals surface area contributed by atoms with Gasteiger partial charge in [0.25, 0.3) is 0 Å². The van der Waals surface area contributed by atoms with E-state index in [1.165, 1.54) is 0 Å². The number of hydrogen-bond donors (Lipinski definition) is 1. The zero-order chi connectivity index (χ0) is 13.3. The predicted molar refractivity (Wildman–Crippen MR) is 76.0 cm³/mol. The van der Waals surface area contributed by atoms with E-state index in [9.17, 15) is 0 Å². The van der Waals surface area contributed by atoms with Crippen molar-refractivity contribution in [3.8, 4) is 5.69 Å². The first kappa shape index (κ1) is 12.5. The maximum absolute atomic E-state index is 6.08. The standard InChI is InChI=1S/C14H16ClN3O/c1-14(9-19-10-14)8-16-12-7-11(15)3-4-13(12)18-6-2-5-17-18/h2-7,16H,8-10H2,1H3. The van der Waals surface area contributed by atoms with Gasteiger partial charge in [0, 0.05) is 29.4 Å². The monoisotopic (exact) mass is 277 g/mol. The normalized spacial score (nSPS) is 16.9. The average Bonchev–Trinajstić information content (AvgIpc) is 2.88. The van der Waals surface area contributed by atoms with Crippen LogP contribution in [0.25, 0.3) is 5.69 Å². The van der Waals surface area contributed by atoms with Crippen LogP contribution in [-0.4, -0.2) is 29.5 Å². The topological polar surface area (TPSA) is 39.1 Å². The molecular weight excluding hydrogens is 262 g/mol. The summed E-state index contributed by atoms with van der Waals surface area (Å²) in [5.74, 6) is 0. The Morgan fingerprint density at radius 2 is 2.32 bits per heavy atom. The number of aromatic nitrogens is 2. The van der Waals surface area contributed by atoms with Crippen LogP contribution in [-0.2, 0) is 4.74 Å². The van der Waals surface area contributed by atoms with Gasteiger partial charge in [0.05, 0.1) is 24.6 Å². The van der Waals surface area contributed by atoms with Crippen molar-refractivity contribution in [2.24, 2.45) is 5.41 Å². The molecule has 3 rings (SSSR count). The van der Waals surface area contributed by atoms with Gasteiger partial charge in [-0.05, 0) is 24.3 Å². The lowest BCUT2D eigenvalue weighted by molar-refractivity contribution is -0.0924. The molecule has 1 aromatic heterocycles. The van der Waals surface area contributed by atoms with Gasteiger partial charge in [-0.3, -0.25) is 0 Å². The minimum atomic E-state index is 0.212. The van der Waals surface area contributed by atoms with Gasteiger partial charge in [-0.1, -0.05) is 18.5 Å². The van der Waals surface area contributed by atoms with E-state index in [4.69, 9.17) is 16.3 Å². The Hall–Kier alpha value is -1.52. The second kappa shape index (κ2) is 4.87. The van der Waals surface area contributed by atoms with Crippen molar-refractivity contribution >= 4 is 17.3 Å². The molecule has 1 saturated heterocycles. The molecule has 1 aromatic carbocycles. The fourth-order valence-electron chi connectivity index (χ4n) is 2.12. The van der Waals surface area contributed by atoms with Crippen LogP contribution in [0.5, 0.6) is 0 Å². The number of halogens is 1. The van der Waals surface area contributed by atoms with E-state index in [2.05, 4.69) is 17.3 Å². The molecule has 0 aliphatic carbocycles. The van der Waals surface area contributed by atoms with Crippen LogP contribution in [0.3, 0.4) is 0 Å². The van der Waals surface area contributed by atoms with Crippen LogP contribution in [0.4, 0.5) is 5.69 Å². The molecule has 1 aliphatic rings. The molecular formula is C14H16ClN3O. The van der Waals surface area contributed by atoms with Crippen LogP contribution >= 0.6 is 11.6 Å². The van der Waals surface area contributed by atoms with Crippen LogP contribution in [0, 0.1) is 5.41 Å². The number of rotatable bonds is 4. The molecule has 0 amide bonds. The van der Waals surface area contributed by atoms with Crippen molar-refractivity contribution in [2.75, 3.05) is 25.1 Å². The molecule has 0 spiro atoms. The Morgan fingerprint density at radius 3 is 2.95 bits per heavy atom. The molecule has 2 aromatic rings. The SMILES string of the molecule is CC1(CNc2cc(Cl)ccc2-n2cccn2)COC1. The summed E-state index contributed by atoms with van der Waals surface area (Å²) in [6.45, 7) is 4.68. The first-order valence-corrected chi connectivity index (χ1v) is 6.65. The van der Waals surface area contributed by atoms with E-state index >= 15 is 0 Å². The minimum Gasteiger partial charge on any atom is -0.383 e. The fraction of sp³-hybridized carbons (Fsp3) is 0.357. The highest BCUT2D eigenvalue weighted by atomic mass is 35.5. The lowest BCUT2D eigenvalue weighted by Crippen LogP contribution is -2.45. The van der Waals surface area contributed by atoms with Gasteiger partial charge in [0.15, 0.2) is 0 Å². The maximum Gasteiger partial charge on any atom is 0.0877 e. The minimum absolute atomic E-state index is 0.212. The molecule has 0 bridgehead atoms. The molecule has 19 heavy (non-hydrogen) atoms. The maximum atomic E-state index is 6.08. The van der Waals surface area contributed by atoms with Gasteiger partial charge in [-0.15, -0.1) is 0 Å². The first-order chi connectivity index (χ1) is 9.16. The molecule has 0 atom stereocenters. The van der Waals surface area contributed by atoms with Crippen molar-refractivity contribution in [1.82, 2.24) is 9.78 Å². The summed E-state index contributed by atoms with van der Waals surface area (Å²) in [4.78, 5) is 0. The van der Waals surface area contributed by atoms with Crippen LogP contribution in [0.2, 0.25) is 5.02 Å². The van der Waals surface area contributed by atoms with E-state index in [-0.39, 0.29) is 5.41 Å². The van der Waals surface area contributed by atoms with Gasteiger partial charge in [-0.25, -0.2) is 4.68 Å². The highest BCUT2D eigenvalue weighted by molar-refractivity contribution is 6.31. The van der Waals surface area contributed by atoms with Gasteiger partial charge in [-0.2, -0.15) is 5.10 Å². The van der Waals surface area contributed by atoms with Gasteiger partial charge in [0.2, 0.25) is 0 Å². The number of benzene rings is 1. The lowest BCUT2D eigenvalue weighted by Gasteiger charge is -2.38. The molecule has 100 valence electrons. The molecule has 5 heteroatoms. The number of anilines is 1. The van der Waals surface area contributed by atoms with Crippen molar-refractivity contribution < 1.29 is 4.74 Å². The summed E-state index contributed by atoms with van der Waals surface area (Å²) < 4.78 is 7.10. The summed E-state index contributed by atoms with van der Waals surface area (Å²) >= 11 is 6.08. The molecule has 0 saturated carbocycles. The zero-order valence-corrected chi connectivity index (χ0v) is 11.5. The third-order valence-corrected chi connectivity index (χ3v) is 3.55. The van der Waals surface area contributed by atoms with Gasteiger partial charge in [0.1, 0.15) is 0 Å². The summed E-state index contributed by atoms with van der Waals surface area (Å²) in [7, 11) is 0. The van der Waals surface area contributed by atoms with E-state index < -0.39 is 0 Å². The van der Waals surface area contributed by atoms with Crippen LogP contribution < -0.4 is 5.32 Å². The summed E-state index contributed by atoms with van der Waals surface area (Å²) in [6, 6.07) is 7.68. The Balaban J connectivity index is 1.84. The third kappa shape index (κ3) is 2.60. The number of nitrogens with zero attached hydrogens (tertiary/aromatic N) is 2. The van der Waals surface area contributed by atoms with E-state index in [0.717, 1.165) is 31.1 Å². The van der Waals surface area contributed by atoms with Crippen molar-refractivity contribution in [3.63, 3.8) is 0 Å². The van der Waals surface area contributed by atoms with Crippen LogP contribution in [0.1, 0.15) is 6.92 Å². The molecule has 0 unspecified atom stereocenters. The van der Waals surface area contributed by atoms with Gasteiger partial charge < -0.3 is 10.1 Å². The van der Waals surface area contributed by atoms with Gasteiger partial charge >= 0.3 is 0 Å². The molecule has 1 fully saturated rings. The molecule has 1 N–H and O–H groups in total. The van der Waals surface area contributed by atoms with E-state index in [1.54, 1.807) is 6.20 Å². The van der Waals surface area contributed by atoms with Crippen molar-refractivity contribution in [3.05, 3.63) is 41.7 Å². The third-order valence-electron chi connectivity index (χ3n) is 3.32. The highest BCUT2D eigenvalue weighted by Gasteiger charge is 2.33. The highest BCUT2D eigenvalue weighted by Crippen LogP contribution is 2.29. The van der Waals surface area contributed by atoms with E-state index in [0.29, 0.717) is 5.02 Å². The molecule has 1 aliphatic heterocycles. The molecule has 4 nitrogen and oxygen atoms in total. The Kier molecular flexibility index (Phi) is 3.21. The number of hydrogen-bond acceptors (Lipinski definition) is 3. The van der Waals surface area contributed by atoms with Crippen molar-refractivity contribution in [1.29, 1.82) is 0 Å². The second-order valence-electron chi connectivity index (χ2n) is 5.27. The Labute approximate surface area is 117 Å². The Morgan fingerprint density at radius 1 is 1.47 bits per heavy atom. The average molecular weight is 278 g/mol. The number of nitrogens with one attached hydrogen (secondary N) is 1. The summed E-state index contributed by atoms with van der Waals surface area (Å²) in [5.41, 5.74) is 2.20. The Bertz CT molecular complexity index is 564. The quantitative estimate of drug-likeness (QED) is 0.934. The zero-order valence-electron chi connectivity index (χ0n) is 10.8. The summed E-state index contributed by atoms with van der Waals surface area (Å²) in [5, 5.41) is 8.44. The molecule has 2 heterocycles. The van der Waals surface area contributed by atoms with Crippen LogP contribution in [0.15, 0.2) is 36.7 Å². The smallest absolute Gasteiger partial charge is 0.0877 e. The van der Waals surface area contributed by atoms with Crippen molar-refractivity contribution in [2.45, 2.75) is 6.92 Å². The lowest BCUT2D eigenvalue weighted by atomic mass is 9.88. The summed E-state index contributed by atoms with van der Waals surface area (Å²) in [6.07, 6.45) is 3.68. The number of ether oxygens (including phenoxy) is 1. The molecule has 0 radical (unpaired) electrons. The first-order valence-electron chi connectivity index (χ1n) is 6.28.